The van der Waals surface area contributed by atoms with Crippen LogP contribution in [0.4, 0.5) is 0 Å². The molecule has 14 heavy (non-hydrogen) atoms. The van der Waals surface area contributed by atoms with Crippen LogP contribution in [0.1, 0.15) is 34.6 Å². The van der Waals surface area contributed by atoms with Gasteiger partial charge in [0.05, 0.1) is 0 Å². The number of hydrogen-bond donors (Lipinski definition) is 0. The van der Waals surface area contributed by atoms with Crippen LogP contribution in [0.5, 0.6) is 0 Å². The van der Waals surface area contributed by atoms with Gasteiger partial charge in [0.15, 0.2) is 0 Å². The molecule has 0 saturated heterocycles. The molecule has 0 unspecified atom stereocenters. The maximum atomic E-state index is 6.19. The molecule has 3 heteroatoms. The van der Waals surface area contributed by atoms with E-state index in [0.717, 1.165) is 6.61 Å². The molecule has 0 N–H and O–H groups in total. The molecule has 0 rings (SSSR count). The summed E-state index contributed by atoms with van der Waals surface area (Å²) in [5.74, 6) is 0. The van der Waals surface area contributed by atoms with Gasteiger partial charge in [0, 0.05) is 0 Å². The summed E-state index contributed by atoms with van der Waals surface area (Å²) >= 11 is 2.23. The maximum absolute atomic E-state index is 6.19. The first-order chi connectivity index (χ1) is 6.02. The van der Waals surface area contributed by atoms with Crippen molar-refractivity contribution in [2.24, 2.45) is 5.41 Å². The minimum atomic E-state index is -1.53. The fourth-order valence-electron chi connectivity index (χ4n) is 0.694. The summed E-state index contributed by atoms with van der Waals surface area (Å²) in [5.41, 5.74) is 0.329. The van der Waals surface area contributed by atoms with Crippen molar-refractivity contribution in [3.8, 4) is 0 Å². The van der Waals surface area contributed by atoms with Crippen molar-refractivity contribution >= 4 is 26.0 Å². The molecule has 1 nitrogen and oxygen atoms in total. The van der Waals surface area contributed by atoms with Crippen LogP contribution < -0.4 is 0 Å². The second-order valence-electron chi connectivity index (χ2n) is 6.57. The van der Waals surface area contributed by atoms with Gasteiger partial charge >= 0.3 is 100 Å². The zero-order chi connectivity index (χ0) is 11.6. The second kappa shape index (κ2) is 4.74. The summed E-state index contributed by atoms with van der Waals surface area (Å²) in [6.45, 7) is 17.0. The molecule has 0 aliphatic rings. The van der Waals surface area contributed by atoms with Crippen LogP contribution in [-0.2, 0) is 4.43 Å². The van der Waals surface area contributed by atoms with E-state index in [1.165, 1.54) is 5.09 Å². The third kappa shape index (κ3) is 4.53. The van der Waals surface area contributed by atoms with Crippen LogP contribution in [0, 0.1) is 5.41 Å². The van der Waals surface area contributed by atoms with Crippen LogP contribution in [0.2, 0.25) is 23.2 Å². The summed E-state index contributed by atoms with van der Waals surface area (Å²) in [6.07, 6.45) is 0. The van der Waals surface area contributed by atoms with Gasteiger partial charge in [-0.1, -0.05) is 0 Å². The van der Waals surface area contributed by atoms with Gasteiger partial charge in [0.2, 0.25) is 0 Å². The van der Waals surface area contributed by atoms with Gasteiger partial charge < -0.3 is 0 Å². The van der Waals surface area contributed by atoms with Crippen molar-refractivity contribution in [2.75, 3.05) is 6.61 Å². The van der Waals surface area contributed by atoms with Crippen LogP contribution >= 0.6 is 0 Å². The summed E-state index contributed by atoms with van der Waals surface area (Å²) in [4.78, 5) is 0. The van der Waals surface area contributed by atoms with E-state index in [1.54, 1.807) is 0 Å². The molecule has 0 aromatic rings. The summed E-state index contributed by atoms with van der Waals surface area (Å²) in [5, 5.41) is 1.51. The van der Waals surface area contributed by atoms with E-state index in [9.17, 15) is 0 Å². The quantitative estimate of drug-likeness (QED) is 0.641. The molecule has 80 valence electrons. The molecule has 0 aromatic heterocycles. The average molecular weight is 208 g/mol. The molecule has 0 spiro atoms. The van der Waals surface area contributed by atoms with E-state index in [4.69, 9.17) is 4.43 Å². The average Bonchev–Trinajstić information content (AvgIpc) is 1.99. The van der Waals surface area contributed by atoms with Crippen molar-refractivity contribution < 1.29 is 4.43 Å². The third-order valence-electron chi connectivity index (χ3n) is 3.59. The minimum absolute atomic E-state index is 0.329. The number of rotatable bonds is 4. The molecule has 0 aliphatic heterocycles. The van der Waals surface area contributed by atoms with Crippen molar-refractivity contribution in [1.82, 2.24) is 0 Å². The zero-order valence-corrected chi connectivity index (χ0v) is 12.3. The van der Waals surface area contributed by atoms with E-state index < -0.39 is 8.32 Å². The molecule has 0 bridgehead atoms. The van der Waals surface area contributed by atoms with Gasteiger partial charge in [0.1, 0.15) is 0 Å². The van der Waals surface area contributed by atoms with E-state index in [-0.39, 0.29) is 0 Å². The SMILES string of the molecule is [Li][CH2]C(C)(C)CO[Si](C)(C)C(C)(C)C. The van der Waals surface area contributed by atoms with Gasteiger partial charge in [-0.25, -0.2) is 0 Å². The Hall–Kier alpha value is 0.774. The van der Waals surface area contributed by atoms with Crippen LogP contribution in [0.25, 0.3) is 0 Å². The van der Waals surface area contributed by atoms with Gasteiger partial charge in [-0.2, -0.15) is 0 Å². The van der Waals surface area contributed by atoms with Gasteiger partial charge in [0.25, 0.3) is 0 Å². The van der Waals surface area contributed by atoms with Gasteiger partial charge in [-0.3, -0.25) is 0 Å². The number of hydrogen-bond acceptors (Lipinski definition) is 1. The predicted molar refractivity (Wildman–Crippen MR) is 67.5 cm³/mol. The third-order valence-corrected chi connectivity index (χ3v) is 8.07. The Bertz CT molecular complexity index is 182. The van der Waals surface area contributed by atoms with E-state index >= 15 is 0 Å². The molecule has 0 saturated carbocycles. The molecule has 0 fully saturated rings. The molecule has 0 atom stereocenters. The molecular weight excluding hydrogens is 183 g/mol. The van der Waals surface area contributed by atoms with Gasteiger partial charge in [-0.15, -0.1) is 0 Å². The Morgan fingerprint density at radius 2 is 1.50 bits per heavy atom. The zero-order valence-electron chi connectivity index (χ0n) is 11.3. The Balaban J connectivity index is 4.27. The summed E-state index contributed by atoms with van der Waals surface area (Å²) in [6, 6.07) is 0. The molecular formula is C11H25LiOSi. The normalized spacial score (nSPS) is 14.6. The topological polar surface area (TPSA) is 9.23 Å². The van der Waals surface area contributed by atoms with Crippen LogP contribution in [-0.4, -0.2) is 32.6 Å². The monoisotopic (exact) mass is 208 g/mol. The first-order valence-corrected chi connectivity index (χ1v) is 8.57. The van der Waals surface area contributed by atoms with E-state index in [1.807, 2.05) is 0 Å². The molecule has 0 radical (unpaired) electrons. The molecule has 0 heterocycles. The van der Waals surface area contributed by atoms with Crippen molar-refractivity contribution in [2.45, 2.75) is 57.8 Å². The Kier molecular flexibility index (Phi) is 5.00. The molecule has 0 aliphatic carbocycles. The second-order valence-corrected chi connectivity index (χ2v) is 11.4. The fraction of sp³-hybridized carbons (Fsp3) is 1.00. The van der Waals surface area contributed by atoms with Crippen molar-refractivity contribution in [1.29, 1.82) is 0 Å². The van der Waals surface area contributed by atoms with Crippen LogP contribution in [0.3, 0.4) is 0 Å². The first-order valence-electron chi connectivity index (χ1n) is 5.66. The Morgan fingerprint density at radius 1 is 1.07 bits per heavy atom. The van der Waals surface area contributed by atoms with E-state index in [2.05, 4.69) is 65.4 Å². The molecule has 0 aromatic carbocycles. The fourth-order valence-corrected chi connectivity index (χ4v) is 1.88. The Labute approximate surface area is 100 Å². The van der Waals surface area contributed by atoms with Crippen molar-refractivity contribution in [3.63, 3.8) is 0 Å². The van der Waals surface area contributed by atoms with Crippen molar-refractivity contribution in [3.05, 3.63) is 0 Å². The first kappa shape index (κ1) is 14.8. The molecule has 0 amide bonds. The van der Waals surface area contributed by atoms with Crippen LogP contribution in [0.15, 0.2) is 0 Å². The van der Waals surface area contributed by atoms with Gasteiger partial charge in [-0.05, 0) is 0 Å². The van der Waals surface area contributed by atoms with E-state index in [0.29, 0.717) is 10.5 Å². The Morgan fingerprint density at radius 3 is 1.79 bits per heavy atom. The summed E-state index contributed by atoms with van der Waals surface area (Å²) in [7, 11) is -1.53. The summed E-state index contributed by atoms with van der Waals surface area (Å²) < 4.78 is 6.19. The standard InChI is InChI=1S/C11H25OSi.Li/c1-10(2,3)9-12-13(7,8)11(4,5)6;/h1,9H2,2-8H3;. The predicted octanol–water partition coefficient (Wildman–Crippen LogP) is 3.62.